The summed E-state index contributed by atoms with van der Waals surface area (Å²) in [5.74, 6) is -0.0485. The van der Waals surface area contributed by atoms with Crippen LogP contribution in [0.2, 0.25) is 0 Å². The standard InChI is InChI=1S/C14H19N3O2/c1-10(18)16-13-5-6-17(9-13)14(19)12-4-2-3-11(7-12)8-15/h2-4,7,13H,5-6,8-9,15H2,1H3,(H,16,18). The van der Waals surface area contributed by atoms with Gasteiger partial charge in [-0.25, -0.2) is 0 Å². The molecule has 1 saturated heterocycles. The van der Waals surface area contributed by atoms with E-state index in [9.17, 15) is 9.59 Å². The normalized spacial score (nSPS) is 18.4. The molecule has 1 aliphatic heterocycles. The van der Waals surface area contributed by atoms with Crippen LogP contribution in [0.4, 0.5) is 0 Å². The third-order valence-electron chi connectivity index (χ3n) is 3.29. The van der Waals surface area contributed by atoms with Crippen LogP contribution in [0.25, 0.3) is 0 Å². The molecule has 1 heterocycles. The van der Waals surface area contributed by atoms with E-state index in [2.05, 4.69) is 5.32 Å². The van der Waals surface area contributed by atoms with Crippen molar-refractivity contribution in [1.29, 1.82) is 0 Å². The molecule has 1 aromatic rings. The molecule has 1 fully saturated rings. The van der Waals surface area contributed by atoms with Gasteiger partial charge in [0.2, 0.25) is 5.91 Å². The van der Waals surface area contributed by atoms with E-state index in [-0.39, 0.29) is 17.9 Å². The topological polar surface area (TPSA) is 75.4 Å². The number of rotatable bonds is 3. The Balaban J connectivity index is 2.02. The molecule has 0 saturated carbocycles. The zero-order valence-corrected chi connectivity index (χ0v) is 11.1. The monoisotopic (exact) mass is 261 g/mol. The Hall–Kier alpha value is -1.88. The summed E-state index contributed by atoms with van der Waals surface area (Å²) in [6.07, 6.45) is 0.807. The van der Waals surface area contributed by atoms with E-state index in [0.717, 1.165) is 12.0 Å². The highest BCUT2D eigenvalue weighted by molar-refractivity contribution is 5.94. The Morgan fingerprint density at radius 3 is 2.95 bits per heavy atom. The molecule has 0 radical (unpaired) electrons. The second-order valence-corrected chi connectivity index (χ2v) is 4.84. The van der Waals surface area contributed by atoms with Gasteiger partial charge in [0.25, 0.3) is 5.91 Å². The fourth-order valence-electron chi connectivity index (χ4n) is 2.36. The highest BCUT2D eigenvalue weighted by Crippen LogP contribution is 2.14. The lowest BCUT2D eigenvalue weighted by Gasteiger charge is -2.17. The van der Waals surface area contributed by atoms with Crippen LogP contribution in [0.15, 0.2) is 24.3 Å². The van der Waals surface area contributed by atoms with Gasteiger partial charge >= 0.3 is 0 Å². The predicted molar refractivity (Wildman–Crippen MR) is 72.5 cm³/mol. The minimum Gasteiger partial charge on any atom is -0.352 e. The molecule has 19 heavy (non-hydrogen) atoms. The Morgan fingerprint density at radius 2 is 2.26 bits per heavy atom. The average molecular weight is 261 g/mol. The summed E-state index contributed by atoms with van der Waals surface area (Å²) in [5.41, 5.74) is 7.18. The summed E-state index contributed by atoms with van der Waals surface area (Å²) < 4.78 is 0. The lowest BCUT2D eigenvalue weighted by atomic mass is 10.1. The SMILES string of the molecule is CC(=O)NC1CCN(C(=O)c2cccc(CN)c2)C1. The number of amides is 2. The molecule has 5 heteroatoms. The van der Waals surface area contributed by atoms with Gasteiger partial charge in [-0.1, -0.05) is 12.1 Å². The highest BCUT2D eigenvalue weighted by atomic mass is 16.2. The largest absolute Gasteiger partial charge is 0.352 e. The molecule has 5 nitrogen and oxygen atoms in total. The van der Waals surface area contributed by atoms with Gasteiger partial charge in [0.15, 0.2) is 0 Å². The number of carbonyl (C=O) groups excluding carboxylic acids is 2. The van der Waals surface area contributed by atoms with Crippen molar-refractivity contribution in [2.45, 2.75) is 25.9 Å². The molecule has 1 atom stereocenters. The first-order valence-electron chi connectivity index (χ1n) is 6.45. The van der Waals surface area contributed by atoms with Crippen LogP contribution in [0.1, 0.15) is 29.3 Å². The van der Waals surface area contributed by atoms with Gasteiger partial charge in [-0.15, -0.1) is 0 Å². The Kier molecular flexibility index (Phi) is 4.16. The summed E-state index contributed by atoms with van der Waals surface area (Å²) in [4.78, 5) is 25.1. The summed E-state index contributed by atoms with van der Waals surface area (Å²) in [6, 6.07) is 7.44. The maximum atomic E-state index is 12.3. The van der Waals surface area contributed by atoms with Crippen LogP contribution < -0.4 is 11.1 Å². The minimum atomic E-state index is -0.0515. The molecule has 3 N–H and O–H groups in total. The fraction of sp³-hybridized carbons (Fsp3) is 0.429. The van der Waals surface area contributed by atoms with Crippen molar-refractivity contribution < 1.29 is 9.59 Å². The van der Waals surface area contributed by atoms with Crippen LogP contribution in [0, 0.1) is 0 Å². The molecule has 1 aromatic carbocycles. The number of nitrogens with zero attached hydrogens (tertiary/aromatic N) is 1. The second kappa shape index (κ2) is 5.84. The lowest BCUT2D eigenvalue weighted by Crippen LogP contribution is -2.37. The van der Waals surface area contributed by atoms with Crippen molar-refractivity contribution in [3.63, 3.8) is 0 Å². The first kappa shape index (κ1) is 13.5. The first-order valence-corrected chi connectivity index (χ1v) is 6.45. The molecule has 0 spiro atoms. The summed E-state index contributed by atoms with van der Waals surface area (Å²) in [7, 11) is 0. The van der Waals surface area contributed by atoms with Crippen LogP contribution in [0.3, 0.4) is 0 Å². The maximum absolute atomic E-state index is 12.3. The van der Waals surface area contributed by atoms with E-state index in [1.165, 1.54) is 6.92 Å². The van der Waals surface area contributed by atoms with Gasteiger partial charge in [-0.05, 0) is 24.1 Å². The van der Waals surface area contributed by atoms with E-state index in [1.807, 2.05) is 18.2 Å². The molecule has 0 aliphatic carbocycles. The molecule has 1 aliphatic rings. The van der Waals surface area contributed by atoms with Crippen molar-refractivity contribution in [1.82, 2.24) is 10.2 Å². The molecule has 0 aromatic heterocycles. The quantitative estimate of drug-likeness (QED) is 0.831. The number of nitrogens with two attached hydrogens (primary N) is 1. The van der Waals surface area contributed by atoms with E-state index >= 15 is 0 Å². The third-order valence-corrected chi connectivity index (χ3v) is 3.29. The molecule has 1 unspecified atom stereocenters. The van der Waals surface area contributed by atoms with Gasteiger partial charge < -0.3 is 16.0 Å². The van der Waals surface area contributed by atoms with Crippen molar-refractivity contribution >= 4 is 11.8 Å². The van der Waals surface area contributed by atoms with Gasteiger partial charge in [0, 0.05) is 38.2 Å². The van der Waals surface area contributed by atoms with Crippen molar-refractivity contribution in [3.05, 3.63) is 35.4 Å². The molecular weight excluding hydrogens is 242 g/mol. The Labute approximate surface area is 112 Å². The zero-order valence-electron chi connectivity index (χ0n) is 11.1. The number of hydrogen-bond donors (Lipinski definition) is 2. The van der Waals surface area contributed by atoms with Gasteiger partial charge in [0.1, 0.15) is 0 Å². The first-order chi connectivity index (χ1) is 9.10. The lowest BCUT2D eigenvalue weighted by molar-refractivity contribution is -0.119. The average Bonchev–Trinajstić information content (AvgIpc) is 2.85. The van der Waals surface area contributed by atoms with Crippen LogP contribution >= 0.6 is 0 Å². The van der Waals surface area contributed by atoms with Crippen LogP contribution in [0.5, 0.6) is 0 Å². The second-order valence-electron chi connectivity index (χ2n) is 4.84. The van der Waals surface area contributed by atoms with Crippen LogP contribution in [-0.4, -0.2) is 35.8 Å². The number of hydrogen-bond acceptors (Lipinski definition) is 3. The zero-order chi connectivity index (χ0) is 13.8. The predicted octanol–water partition coefficient (Wildman–Crippen LogP) is 0.496. The number of carbonyl (C=O) groups is 2. The molecule has 2 rings (SSSR count). The third kappa shape index (κ3) is 3.32. The van der Waals surface area contributed by atoms with E-state index in [0.29, 0.717) is 25.2 Å². The van der Waals surface area contributed by atoms with Crippen LogP contribution in [-0.2, 0) is 11.3 Å². The number of benzene rings is 1. The van der Waals surface area contributed by atoms with Crippen molar-refractivity contribution in [2.24, 2.45) is 5.73 Å². The summed E-state index contributed by atoms with van der Waals surface area (Å²) >= 11 is 0. The minimum absolute atomic E-state index is 0.00292. The van der Waals surface area contributed by atoms with E-state index in [1.54, 1.807) is 11.0 Å². The Morgan fingerprint density at radius 1 is 1.47 bits per heavy atom. The van der Waals surface area contributed by atoms with Crippen molar-refractivity contribution in [3.8, 4) is 0 Å². The Bertz CT molecular complexity index is 487. The van der Waals surface area contributed by atoms with Gasteiger partial charge in [-0.2, -0.15) is 0 Å². The van der Waals surface area contributed by atoms with E-state index < -0.39 is 0 Å². The number of likely N-dealkylation sites (tertiary alicyclic amines) is 1. The maximum Gasteiger partial charge on any atom is 0.253 e. The smallest absolute Gasteiger partial charge is 0.253 e. The summed E-state index contributed by atoms with van der Waals surface area (Å²) in [5, 5.41) is 2.85. The summed E-state index contributed by atoms with van der Waals surface area (Å²) in [6.45, 7) is 3.17. The highest BCUT2D eigenvalue weighted by Gasteiger charge is 2.27. The van der Waals surface area contributed by atoms with Gasteiger partial charge in [-0.3, -0.25) is 9.59 Å². The molecular formula is C14H19N3O2. The fourth-order valence-corrected chi connectivity index (χ4v) is 2.36. The number of nitrogens with one attached hydrogen (secondary N) is 1. The van der Waals surface area contributed by atoms with E-state index in [4.69, 9.17) is 5.73 Å². The molecule has 102 valence electrons. The van der Waals surface area contributed by atoms with Gasteiger partial charge in [0.05, 0.1) is 0 Å². The van der Waals surface area contributed by atoms with Crippen molar-refractivity contribution in [2.75, 3.05) is 13.1 Å². The molecule has 0 bridgehead atoms. The molecule has 2 amide bonds.